The van der Waals surface area contributed by atoms with Crippen LogP contribution in [0.15, 0.2) is 0 Å². The van der Waals surface area contributed by atoms with Crippen LogP contribution < -0.4 is 5.32 Å². The van der Waals surface area contributed by atoms with Crippen molar-refractivity contribution >= 4 is 11.3 Å². The molecule has 0 aromatic carbocycles. The van der Waals surface area contributed by atoms with E-state index in [0.717, 1.165) is 19.8 Å². The summed E-state index contributed by atoms with van der Waals surface area (Å²) >= 11 is 1.94. The van der Waals surface area contributed by atoms with Crippen LogP contribution in [0, 0.1) is 0 Å². The van der Waals surface area contributed by atoms with Gasteiger partial charge in [0, 0.05) is 11.4 Å². The van der Waals surface area contributed by atoms with Crippen LogP contribution in [0.2, 0.25) is 0 Å². The lowest BCUT2D eigenvalue weighted by Gasteiger charge is -2.21. The average Bonchev–Trinajstić information content (AvgIpc) is 2.91. The van der Waals surface area contributed by atoms with Crippen LogP contribution in [0.5, 0.6) is 0 Å². The molecule has 3 rings (SSSR count). The summed E-state index contributed by atoms with van der Waals surface area (Å²) in [5.74, 6) is 0. The van der Waals surface area contributed by atoms with E-state index in [9.17, 15) is 0 Å². The van der Waals surface area contributed by atoms with Gasteiger partial charge in [-0.2, -0.15) is 0 Å². The third kappa shape index (κ3) is 4.51. The van der Waals surface area contributed by atoms with Gasteiger partial charge in [-0.05, 0) is 25.7 Å². The molecule has 1 aromatic rings. The van der Waals surface area contributed by atoms with E-state index in [1.165, 1.54) is 74.9 Å². The van der Waals surface area contributed by atoms with Gasteiger partial charge in [0.2, 0.25) is 0 Å². The van der Waals surface area contributed by atoms with E-state index in [0.29, 0.717) is 6.04 Å². The highest BCUT2D eigenvalue weighted by Crippen LogP contribution is 2.28. The van der Waals surface area contributed by atoms with Gasteiger partial charge in [-0.15, -0.1) is 11.3 Å². The number of thiazole rings is 1. The number of hydrogen-bond donors (Lipinski definition) is 1. The molecule has 1 fully saturated rings. The zero-order valence-electron chi connectivity index (χ0n) is 13.0. The van der Waals surface area contributed by atoms with E-state index in [1.54, 1.807) is 4.88 Å². The van der Waals surface area contributed by atoms with Crippen molar-refractivity contribution in [1.29, 1.82) is 0 Å². The van der Waals surface area contributed by atoms with Crippen molar-refractivity contribution in [3.8, 4) is 0 Å². The minimum absolute atomic E-state index is 0.326. The third-order valence-corrected chi connectivity index (χ3v) is 5.85. The molecule has 3 nitrogen and oxygen atoms in total. The highest BCUT2D eigenvalue weighted by Gasteiger charge is 2.21. The quantitative estimate of drug-likeness (QED) is 0.850. The molecule has 1 aliphatic heterocycles. The number of rotatable bonds is 1. The first kappa shape index (κ1) is 15.4. The van der Waals surface area contributed by atoms with Gasteiger partial charge in [0.15, 0.2) is 0 Å². The van der Waals surface area contributed by atoms with Crippen LogP contribution in [-0.4, -0.2) is 24.7 Å². The highest BCUT2D eigenvalue weighted by atomic mass is 32.1. The van der Waals surface area contributed by atoms with Crippen LogP contribution in [0.3, 0.4) is 0 Å². The Hall–Kier alpha value is -0.450. The molecule has 1 unspecified atom stereocenters. The van der Waals surface area contributed by atoms with Crippen LogP contribution in [0.4, 0.5) is 0 Å². The molecule has 1 aliphatic carbocycles. The summed E-state index contributed by atoms with van der Waals surface area (Å²) in [5.41, 5.74) is 1.39. The second-order valence-corrected chi connectivity index (χ2v) is 7.45. The van der Waals surface area contributed by atoms with Crippen LogP contribution >= 0.6 is 11.3 Å². The molecule has 2 aliphatic rings. The Kier molecular flexibility index (Phi) is 6.07. The number of ether oxygens (including phenoxy) is 1. The zero-order valence-corrected chi connectivity index (χ0v) is 13.8. The number of hydrogen-bond acceptors (Lipinski definition) is 4. The predicted molar refractivity (Wildman–Crippen MR) is 88.0 cm³/mol. The number of aromatic nitrogens is 1. The van der Waals surface area contributed by atoms with Crippen molar-refractivity contribution < 1.29 is 4.74 Å². The molecule has 0 radical (unpaired) electrons. The molecule has 4 heteroatoms. The summed E-state index contributed by atoms with van der Waals surface area (Å²) in [5, 5.41) is 4.80. The fourth-order valence-corrected chi connectivity index (χ4v) is 4.52. The first-order valence-corrected chi connectivity index (χ1v) is 9.55. The summed E-state index contributed by atoms with van der Waals surface area (Å²) in [4.78, 5) is 6.53. The number of nitrogens with zero attached hydrogens (tertiary/aromatic N) is 1. The Morgan fingerprint density at radius 3 is 2.38 bits per heavy atom. The maximum Gasteiger partial charge on any atom is 0.112 e. The van der Waals surface area contributed by atoms with Gasteiger partial charge in [0.25, 0.3) is 0 Å². The minimum atomic E-state index is 0.326. The van der Waals surface area contributed by atoms with Crippen molar-refractivity contribution in [2.45, 2.75) is 70.3 Å². The Morgan fingerprint density at radius 1 is 0.952 bits per heavy atom. The molecule has 1 N–H and O–H groups in total. The van der Waals surface area contributed by atoms with Gasteiger partial charge in [-0.1, -0.05) is 38.5 Å². The number of nitrogens with one attached hydrogen (secondary N) is 1. The Balaban J connectivity index is 1.69. The minimum Gasteiger partial charge on any atom is -0.378 e. The van der Waals surface area contributed by atoms with Crippen molar-refractivity contribution in [3.05, 3.63) is 15.6 Å². The average molecular weight is 308 g/mol. The molecular weight excluding hydrogens is 280 g/mol. The molecule has 0 saturated carbocycles. The van der Waals surface area contributed by atoms with Crippen molar-refractivity contribution in [2.75, 3.05) is 19.8 Å². The second-order valence-electron chi connectivity index (χ2n) is 6.33. The van der Waals surface area contributed by atoms with E-state index in [2.05, 4.69) is 5.32 Å². The molecule has 21 heavy (non-hydrogen) atoms. The maximum absolute atomic E-state index is 5.60. The summed E-state index contributed by atoms with van der Waals surface area (Å²) in [6.45, 7) is 2.57. The highest BCUT2D eigenvalue weighted by molar-refractivity contribution is 7.11. The van der Waals surface area contributed by atoms with E-state index in [-0.39, 0.29) is 0 Å². The number of aryl methyl sites for hydroxylation is 2. The van der Waals surface area contributed by atoms with Gasteiger partial charge in [-0.3, -0.25) is 0 Å². The van der Waals surface area contributed by atoms with Crippen LogP contribution in [0.25, 0.3) is 0 Å². The van der Waals surface area contributed by atoms with Gasteiger partial charge >= 0.3 is 0 Å². The van der Waals surface area contributed by atoms with E-state index < -0.39 is 0 Å². The van der Waals surface area contributed by atoms with Gasteiger partial charge < -0.3 is 10.1 Å². The predicted octanol–water partition coefficient (Wildman–Crippen LogP) is 4.02. The third-order valence-electron chi connectivity index (χ3n) is 4.58. The monoisotopic (exact) mass is 308 g/mol. The van der Waals surface area contributed by atoms with Crippen molar-refractivity contribution in [2.24, 2.45) is 0 Å². The summed E-state index contributed by atoms with van der Waals surface area (Å²) < 4.78 is 5.60. The largest absolute Gasteiger partial charge is 0.378 e. The maximum atomic E-state index is 5.60. The lowest BCUT2D eigenvalue weighted by atomic mass is 10.0. The lowest BCUT2D eigenvalue weighted by molar-refractivity contribution is 0.0767. The molecule has 0 spiro atoms. The molecule has 1 saturated heterocycles. The Labute approximate surface area is 132 Å². The fourth-order valence-electron chi connectivity index (χ4n) is 3.31. The topological polar surface area (TPSA) is 34.1 Å². The first-order chi connectivity index (χ1) is 10.4. The number of morpholine rings is 1. The SMILES string of the molecule is C1CCCCCc2sc(C3COCCN3)nc2CCCC1. The lowest BCUT2D eigenvalue weighted by Crippen LogP contribution is -2.34. The Morgan fingerprint density at radius 2 is 1.67 bits per heavy atom. The summed E-state index contributed by atoms with van der Waals surface area (Å²) in [7, 11) is 0. The molecule has 1 aromatic heterocycles. The summed E-state index contributed by atoms with van der Waals surface area (Å²) in [6.07, 6.45) is 13.5. The van der Waals surface area contributed by atoms with Crippen LogP contribution in [-0.2, 0) is 17.6 Å². The standard InChI is InChI=1S/C17H28N2OS/c1-2-4-6-8-10-16-14(9-7-5-3-1)19-17(21-16)15-13-20-12-11-18-15/h15,18H,1-13H2. The molecule has 1 atom stereocenters. The summed E-state index contributed by atoms with van der Waals surface area (Å²) in [6, 6.07) is 0.326. The van der Waals surface area contributed by atoms with Crippen molar-refractivity contribution in [3.63, 3.8) is 0 Å². The van der Waals surface area contributed by atoms with E-state index in [1.807, 2.05) is 11.3 Å². The van der Waals surface area contributed by atoms with E-state index in [4.69, 9.17) is 9.72 Å². The molecule has 118 valence electrons. The molecule has 0 bridgehead atoms. The van der Waals surface area contributed by atoms with Gasteiger partial charge in [0.1, 0.15) is 5.01 Å². The number of fused-ring (bicyclic) bond motifs is 1. The van der Waals surface area contributed by atoms with Gasteiger partial charge in [0.05, 0.1) is 24.9 Å². The second kappa shape index (κ2) is 8.25. The van der Waals surface area contributed by atoms with Gasteiger partial charge in [-0.25, -0.2) is 4.98 Å². The molecule has 0 amide bonds. The van der Waals surface area contributed by atoms with E-state index >= 15 is 0 Å². The molecule has 2 heterocycles. The smallest absolute Gasteiger partial charge is 0.112 e. The van der Waals surface area contributed by atoms with Crippen molar-refractivity contribution in [1.82, 2.24) is 10.3 Å². The normalized spacial score (nSPS) is 25.6. The first-order valence-electron chi connectivity index (χ1n) is 8.73. The zero-order chi connectivity index (χ0) is 14.3. The van der Waals surface area contributed by atoms with Crippen LogP contribution in [0.1, 0.15) is 73.0 Å². The fraction of sp³-hybridized carbons (Fsp3) is 0.824. The molecular formula is C17H28N2OS. The Bertz CT molecular complexity index is 397.